The normalized spacial score (nSPS) is 12.1. The van der Waals surface area contributed by atoms with Crippen LogP contribution in [0.2, 0.25) is 5.15 Å². The van der Waals surface area contributed by atoms with Crippen LogP contribution in [0.15, 0.2) is 17.3 Å². The van der Waals surface area contributed by atoms with E-state index in [0.717, 1.165) is 6.26 Å². The second kappa shape index (κ2) is 2.93. The van der Waals surface area contributed by atoms with Crippen molar-refractivity contribution in [1.82, 2.24) is 15.0 Å². The fourth-order valence-corrected chi connectivity index (χ4v) is 1.71. The molecule has 0 radical (unpaired) electrons. The standard InChI is InChI=1S/C7H6ClN3O2S/c1-14(12,13)7-9-4-2-3-5(8)10-6(4)11-7/h2-3H,1H3,(H,9,10,11). The number of rotatable bonds is 1. The van der Waals surface area contributed by atoms with Crippen molar-refractivity contribution >= 4 is 32.6 Å². The van der Waals surface area contributed by atoms with Crippen LogP contribution in [0.3, 0.4) is 0 Å². The lowest BCUT2D eigenvalue weighted by molar-refractivity contribution is 0.595. The highest BCUT2D eigenvalue weighted by molar-refractivity contribution is 7.90. The van der Waals surface area contributed by atoms with Crippen molar-refractivity contribution in [3.05, 3.63) is 17.3 Å². The van der Waals surface area contributed by atoms with E-state index in [1.165, 1.54) is 0 Å². The first-order valence-corrected chi connectivity index (χ1v) is 5.96. The van der Waals surface area contributed by atoms with Crippen LogP contribution in [-0.4, -0.2) is 29.6 Å². The third-order valence-corrected chi connectivity index (χ3v) is 2.75. The molecule has 0 saturated heterocycles. The Kier molecular flexibility index (Phi) is 1.97. The molecule has 0 amide bonds. The van der Waals surface area contributed by atoms with E-state index in [-0.39, 0.29) is 10.3 Å². The summed E-state index contributed by atoms with van der Waals surface area (Å²) in [7, 11) is -3.33. The van der Waals surface area contributed by atoms with Crippen LogP contribution >= 0.6 is 11.6 Å². The van der Waals surface area contributed by atoms with E-state index in [2.05, 4.69) is 15.0 Å². The van der Waals surface area contributed by atoms with Gasteiger partial charge in [0.2, 0.25) is 15.0 Å². The molecule has 2 aromatic heterocycles. The van der Waals surface area contributed by atoms with Crippen LogP contribution in [0.5, 0.6) is 0 Å². The third-order valence-electron chi connectivity index (χ3n) is 1.64. The minimum absolute atomic E-state index is 0.0951. The summed E-state index contributed by atoms with van der Waals surface area (Å²) in [5.41, 5.74) is 0.854. The molecular weight excluding hydrogens is 226 g/mol. The summed E-state index contributed by atoms with van der Waals surface area (Å²) in [4.78, 5) is 10.3. The molecule has 5 nitrogen and oxygen atoms in total. The molecule has 0 spiro atoms. The number of sulfone groups is 1. The monoisotopic (exact) mass is 231 g/mol. The van der Waals surface area contributed by atoms with Crippen LogP contribution in [0.4, 0.5) is 0 Å². The second-order valence-corrected chi connectivity index (χ2v) is 5.14. The van der Waals surface area contributed by atoms with Gasteiger partial charge in [-0.2, -0.15) is 4.98 Å². The zero-order valence-electron chi connectivity index (χ0n) is 7.15. The number of H-pyrrole nitrogens is 1. The Bertz CT molecular complexity index is 590. The number of nitrogens with zero attached hydrogens (tertiary/aromatic N) is 2. The maximum absolute atomic E-state index is 11.1. The Labute approximate surface area is 85.1 Å². The van der Waals surface area contributed by atoms with Crippen LogP contribution in [0.25, 0.3) is 11.2 Å². The van der Waals surface area contributed by atoms with Gasteiger partial charge in [0.05, 0.1) is 5.52 Å². The Morgan fingerprint density at radius 2 is 2.07 bits per heavy atom. The molecule has 0 aliphatic heterocycles. The van der Waals surface area contributed by atoms with Gasteiger partial charge in [-0.25, -0.2) is 13.4 Å². The van der Waals surface area contributed by atoms with Crippen molar-refractivity contribution in [2.75, 3.05) is 6.26 Å². The van der Waals surface area contributed by atoms with E-state index < -0.39 is 9.84 Å². The van der Waals surface area contributed by atoms with Gasteiger partial charge in [0.1, 0.15) is 5.15 Å². The van der Waals surface area contributed by atoms with Gasteiger partial charge in [0.25, 0.3) is 0 Å². The minimum Gasteiger partial charge on any atom is -0.327 e. The lowest BCUT2D eigenvalue weighted by atomic mass is 10.4. The predicted octanol–water partition coefficient (Wildman–Crippen LogP) is 1.01. The van der Waals surface area contributed by atoms with E-state index in [0.29, 0.717) is 11.2 Å². The largest absolute Gasteiger partial charge is 0.327 e. The number of aromatic nitrogens is 3. The molecule has 14 heavy (non-hydrogen) atoms. The number of imidazole rings is 1. The van der Waals surface area contributed by atoms with Crippen molar-refractivity contribution in [1.29, 1.82) is 0 Å². The SMILES string of the molecule is CS(=O)(=O)c1nc2nc(Cl)ccc2[nH]1. The van der Waals surface area contributed by atoms with Gasteiger partial charge in [-0.3, -0.25) is 0 Å². The van der Waals surface area contributed by atoms with Crippen molar-refractivity contribution < 1.29 is 8.42 Å². The summed E-state index contributed by atoms with van der Waals surface area (Å²) in [5, 5.41) is 0.186. The van der Waals surface area contributed by atoms with Gasteiger partial charge in [-0.1, -0.05) is 11.6 Å². The molecule has 0 fully saturated rings. The van der Waals surface area contributed by atoms with E-state index in [1.54, 1.807) is 12.1 Å². The third kappa shape index (κ3) is 1.58. The van der Waals surface area contributed by atoms with Crippen molar-refractivity contribution in [2.24, 2.45) is 0 Å². The number of aromatic amines is 1. The average molecular weight is 232 g/mol. The van der Waals surface area contributed by atoms with Crippen molar-refractivity contribution in [2.45, 2.75) is 5.16 Å². The lowest BCUT2D eigenvalue weighted by Gasteiger charge is -1.86. The molecule has 0 aromatic carbocycles. The zero-order valence-corrected chi connectivity index (χ0v) is 8.72. The van der Waals surface area contributed by atoms with Gasteiger partial charge in [-0.05, 0) is 12.1 Å². The van der Waals surface area contributed by atoms with Crippen LogP contribution in [0.1, 0.15) is 0 Å². The van der Waals surface area contributed by atoms with E-state index >= 15 is 0 Å². The highest BCUT2D eigenvalue weighted by Gasteiger charge is 2.13. The summed E-state index contributed by atoms with van der Waals surface area (Å²) in [6.07, 6.45) is 1.08. The highest BCUT2D eigenvalue weighted by Crippen LogP contribution is 2.14. The number of fused-ring (bicyclic) bond motifs is 1. The van der Waals surface area contributed by atoms with Crippen molar-refractivity contribution in [3.8, 4) is 0 Å². The molecule has 0 atom stereocenters. The zero-order chi connectivity index (χ0) is 10.3. The van der Waals surface area contributed by atoms with Crippen LogP contribution < -0.4 is 0 Å². The van der Waals surface area contributed by atoms with Crippen LogP contribution in [-0.2, 0) is 9.84 Å². The maximum atomic E-state index is 11.1. The minimum atomic E-state index is -3.33. The van der Waals surface area contributed by atoms with Gasteiger partial charge >= 0.3 is 0 Å². The van der Waals surface area contributed by atoms with Gasteiger partial charge < -0.3 is 4.98 Å². The summed E-state index contributed by atoms with van der Waals surface area (Å²) < 4.78 is 22.3. The first-order chi connectivity index (χ1) is 6.47. The number of hydrogen-bond donors (Lipinski definition) is 1. The van der Waals surface area contributed by atoms with Gasteiger partial charge in [-0.15, -0.1) is 0 Å². The first kappa shape index (κ1) is 9.42. The summed E-state index contributed by atoms with van der Waals surface area (Å²) in [6, 6.07) is 3.19. The summed E-state index contributed by atoms with van der Waals surface area (Å²) in [6.45, 7) is 0. The molecule has 0 aliphatic rings. The molecule has 0 bridgehead atoms. The molecule has 7 heteroatoms. The molecule has 1 N–H and O–H groups in total. The van der Waals surface area contributed by atoms with E-state index in [4.69, 9.17) is 11.6 Å². The second-order valence-electron chi connectivity index (χ2n) is 2.82. The lowest BCUT2D eigenvalue weighted by Crippen LogP contribution is -1.98. The van der Waals surface area contributed by atoms with E-state index in [9.17, 15) is 8.42 Å². The Hall–Kier alpha value is -1.14. The fourth-order valence-electron chi connectivity index (χ4n) is 1.02. The molecule has 2 heterocycles. The molecule has 0 saturated carbocycles. The number of hydrogen-bond acceptors (Lipinski definition) is 4. The fraction of sp³-hybridized carbons (Fsp3) is 0.143. The smallest absolute Gasteiger partial charge is 0.227 e. The quantitative estimate of drug-likeness (QED) is 0.744. The highest BCUT2D eigenvalue weighted by atomic mass is 35.5. The molecule has 0 aliphatic carbocycles. The topological polar surface area (TPSA) is 75.7 Å². The number of nitrogens with one attached hydrogen (secondary N) is 1. The molecule has 2 aromatic rings. The van der Waals surface area contributed by atoms with Crippen molar-refractivity contribution in [3.63, 3.8) is 0 Å². The summed E-state index contributed by atoms with van der Waals surface area (Å²) in [5.74, 6) is 0. The number of pyridine rings is 1. The molecule has 2 rings (SSSR count). The maximum Gasteiger partial charge on any atom is 0.227 e. The molecule has 0 unspecified atom stereocenters. The predicted molar refractivity (Wildman–Crippen MR) is 52.0 cm³/mol. The van der Waals surface area contributed by atoms with Crippen LogP contribution in [0, 0.1) is 0 Å². The Morgan fingerprint density at radius 3 is 2.71 bits per heavy atom. The van der Waals surface area contributed by atoms with Gasteiger partial charge in [0, 0.05) is 6.26 Å². The number of halogens is 1. The van der Waals surface area contributed by atoms with Gasteiger partial charge in [0.15, 0.2) is 5.65 Å². The first-order valence-electron chi connectivity index (χ1n) is 3.69. The Balaban J connectivity index is 2.75. The molecular formula is C7H6ClN3O2S. The molecule has 74 valence electrons. The summed E-state index contributed by atoms with van der Waals surface area (Å²) >= 11 is 5.63. The van der Waals surface area contributed by atoms with E-state index in [1.807, 2.05) is 0 Å². The average Bonchev–Trinajstić information content (AvgIpc) is 2.45. The Morgan fingerprint density at radius 1 is 1.36 bits per heavy atom.